The van der Waals surface area contributed by atoms with Crippen molar-refractivity contribution in [2.75, 3.05) is 64.4 Å². The van der Waals surface area contributed by atoms with Gasteiger partial charge >= 0.3 is 0 Å². The second-order valence-corrected chi connectivity index (χ2v) is 8.54. The van der Waals surface area contributed by atoms with Crippen LogP contribution in [0, 0.1) is 12.8 Å². The van der Waals surface area contributed by atoms with Gasteiger partial charge in [0.2, 0.25) is 0 Å². The molecule has 3 rings (SSSR count). The van der Waals surface area contributed by atoms with Crippen LogP contribution in [0.5, 0.6) is 0 Å². The monoisotopic (exact) mass is 416 g/mol. The van der Waals surface area contributed by atoms with Gasteiger partial charge in [0.05, 0.1) is 6.61 Å². The number of methoxy groups -OCH3 is 1. The minimum Gasteiger partial charge on any atom is -0.383 e. The quantitative estimate of drug-likeness (QED) is 0.501. The first-order valence-electron chi connectivity index (χ1n) is 11.6. The van der Waals surface area contributed by atoms with Gasteiger partial charge in [-0.1, -0.05) is 6.07 Å². The van der Waals surface area contributed by atoms with E-state index in [9.17, 15) is 0 Å². The first-order chi connectivity index (χ1) is 14.7. The zero-order valence-corrected chi connectivity index (χ0v) is 19.1. The fraction of sp³-hybridized carbons (Fsp3) is 0.739. The Labute approximate surface area is 182 Å². The van der Waals surface area contributed by atoms with Crippen molar-refractivity contribution >= 4 is 11.8 Å². The molecule has 1 aromatic rings. The van der Waals surface area contributed by atoms with E-state index in [0.29, 0.717) is 12.0 Å². The molecule has 2 N–H and O–H groups in total. The first kappa shape index (κ1) is 22.8. The molecule has 0 radical (unpaired) electrons. The Bertz CT molecular complexity index is 651. The number of pyridine rings is 1. The highest BCUT2D eigenvalue weighted by Crippen LogP contribution is 2.19. The van der Waals surface area contributed by atoms with Crippen LogP contribution in [-0.4, -0.2) is 81.4 Å². The zero-order valence-electron chi connectivity index (χ0n) is 19.1. The summed E-state index contributed by atoms with van der Waals surface area (Å²) in [6.45, 7) is 12.3. The van der Waals surface area contributed by atoms with E-state index in [2.05, 4.69) is 57.5 Å². The Balaban J connectivity index is 1.43. The second kappa shape index (κ2) is 12.1. The molecular weight excluding hydrogens is 376 g/mol. The molecule has 2 aliphatic rings. The number of nitrogens with one attached hydrogen (secondary N) is 2. The number of nitrogens with zero attached hydrogens (tertiary/aromatic N) is 4. The van der Waals surface area contributed by atoms with E-state index in [-0.39, 0.29) is 0 Å². The summed E-state index contributed by atoms with van der Waals surface area (Å²) in [6.07, 6.45) is 4.68. The number of guanidine groups is 1. The van der Waals surface area contributed by atoms with Crippen LogP contribution in [0.1, 0.15) is 38.3 Å². The fourth-order valence-corrected chi connectivity index (χ4v) is 4.30. The summed E-state index contributed by atoms with van der Waals surface area (Å²) >= 11 is 0. The number of piperidine rings is 2. The average Bonchev–Trinajstić information content (AvgIpc) is 2.77. The van der Waals surface area contributed by atoms with Crippen molar-refractivity contribution in [3.63, 3.8) is 0 Å². The van der Waals surface area contributed by atoms with Crippen molar-refractivity contribution in [2.45, 2.75) is 45.6 Å². The van der Waals surface area contributed by atoms with Crippen molar-refractivity contribution in [3.05, 3.63) is 23.9 Å². The van der Waals surface area contributed by atoms with Crippen LogP contribution >= 0.6 is 0 Å². The number of hydrogen-bond donors (Lipinski definition) is 2. The number of likely N-dealkylation sites (tertiary alicyclic amines) is 1. The summed E-state index contributed by atoms with van der Waals surface area (Å²) in [6, 6.07) is 6.74. The summed E-state index contributed by atoms with van der Waals surface area (Å²) in [5, 5.41) is 7.12. The van der Waals surface area contributed by atoms with E-state index in [1.807, 2.05) is 0 Å². The van der Waals surface area contributed by atoms with Crippen molar-refractivity contribution in [1.82, 2.24) is 20.5 Å². The van der Waals surface area contributed by atoms with Crippen molar-refractivity contribution in [2.24, 2.45) is 10.9 Å². The molecule has 0 atom stereocenters. The molecule has 2 aliphatic heterocycles. The van der Waals surface area contributed by atoms with E-state index < -0.39 is 0 Å². The van der Waals surface area contributed by atoms with Gasteiger partial charge in [-0.05, 0) is 70.7 Å². The number of aliphatic imine (C=N–C) groups is 1. The van der Waals surface area contributed by atoms with E-state index in [4.69, 9.17) is 9.73 Å². The Hall–Kier alpha value is -1.86. The van der Waals surface area contributed by atoms with Gasteiger partial charge in [-0.2, -0.15) is 0 Å². The molecule has 0 aromatic carbocycles. The molecule has 168 valence electrons. The molecule has 0 spiro atoms. The van der Waals surface area contributed by atoms with Crippen LogP contribution in [-0.2, 0) is 4.74 Å². The SMILES string of the molecule is CCNC(=NCC1CCN(CCOC)CC1)NC1CCN(c2cccc(C)n2)CC1. The lowest BCUT2D eigenvalue weighted by atomic mass is 9.97. The van der Waals surface area contributed by atoms with Gasteiger partial charge in [0.1, 0.15) is 5.82 Å². The number of hydrogen-bond acceptors (Lipinski definition) is 5. The normalized spacial score (nSPS) is 19.8. The van der Waals surface area contributed by atoms with E-state index >= 15 is 0 Å². The molecule has 0 saturated carbocycles. The third-order valence-electron chi connectivity index (χ3n) is 6.20. The van der Waals surface area contributed by atoms with Crippen LogP contribution in [0.2, 0.25) is 0 Å². The summed E-state index contributed by atoms with van der Waals surface area (Å²) in [7, 11) is 1.78. The number of anilines is 1. The number of aryl methyl sites for hydroxylation is 1. The van der Waals surface area contributed by atoms with Crippen LogP contribution in [0.4, 0.5) is 5.82 Å². The summed E-state index contributed by atoms with van der Waals surface area (Å²) in [5.74, 6) is 2.77. The van der Waals surface area contributed by atoms with Gasteiger partial charge in [0, 0.05) is 51.6 Å². The average molecular weight is 417 g/mol. The Morgan fingerprint density at radius 3 is 2.60 bits per heavy atom. The molecule has 0 amide bonds. The maximum atomic E-state index is 5.20. The molecule has 0 unspecified atom stereocenters. The fourth-order valence-electron chi connectivity index (χ4n) is 4.30. The molecule has 7 nitrogen and oxygen atoms in total. The van der Waals surface area contributed by atoms with E-state index in [1.165, 1.54) is 25.9 Å². The van der Waals surface area contributed by atoms with Gasteiger partial charge < -0.3 is 25.2 Å². The van der Waals surface area contributed by atoms with Crippen molar-refractivity contribution in [1.29, 1.82) is 0 Å². The molecule has 0 aliphatic carbocycles. The van der Waals surface area contributed by atoms with E-state index in [1.54, 1.807) is 7.11 Å². The highest BCUT2D eigenvalue weighted by molar-refractivity contribution is 5.80. The zero-order chi connectivity index (χ0) is 21.2. The summed E-state index contributed by atoms with van der Waals surface area (Å²) in [4.78, 5) is 14.5. The minimum absolute atomic E-state index is 0.472. The third kappa shape index (κ3) is 7.13. The van der Waals surface area contributed by atoms with Gasteiger partial charge in [0.25, 0.3) is 0 Å². The lowest BCUT2D eigenvalue weighted by Gasteiger charge is -2.34. The highest BCUT2D eigenvalue weighted by atomic mass is 16.5. The second-order valence-electron chi connectivity index (χ2n) is 8.54. The lowest BCUT2D eigenvalue weighted by Crippen LogP contribution is -2.49. The number of rotatable bonds is 8. The van der Waals surface area contributed by atoms with Gasteiger partial charge in [-0.25, -0.2) is 4.98 Å². The summed E-state index contributed by atoms with van der Waals surface area (Å²) < 4.78 is 5.20. The number of aromatic nitrogens is 1. The molecule has 2 saturated heterocycles. The van der Waals surface area contributed by atoms with Crippen LogP contribution in [0.25, 0.3) is 0 Å². The maximum absolute atomic E-state index is 5.20. The molecule has 30 heavy (non-hydrogen) atoms. The smallest absolute Gasteiger partial charge is 0.191 e. The van der Waals surface area contributed by atoms with Crippen LogP contribution < -0.4 is 15.5 Å². The topological polar surface area (TPSA) is 65.0 Å². The summed E-state index contributed by atoms with van der Waals surface area (Å²) in [5.41, 5.74) is 1.08. The Kier molecular flexibility index (Phi) is 9.21. The molecule has 0 bridgehead atoms. The molecule has 3 heterocycles. The van der Waals surface area contributed by atoms with Gasteiger partial charge in [-0.15, -0.1) is 0 Å². The lowest BCUT2D eigenvalue weighted by molar-refractivity contribution is 0.121. The highest BCUT2D eigenvalue weighted by Gasteiger charge is 2.22. The maximum Gasteiger partial charge on any atom is 0.191 e. The predicted octanol–water partition coefficient (Wildman–Crippen LogP) is 2.27. The molecular formula is C23H40N6O. The third-order valence-corrected chi connectivity index (χ3v) is 6.20. The standard InChI is InChI=1S/C23H40N6O/c1-4-24-23(25-18-20-8-12-28(13-9-20)16-17-30-3)27-21-10-14-29(15-11-21)22-7-5-6-19(2)26-22/h5-7,20-21H,4,8-18H2,1-3H3,(H2,24,25,27). The Morgan fingerprint density at radius 1 is 1.17 bits per heavy atom. The van der Waals surface area contributed by atoms with E-state index in [0.717, 1.165) is 69.6 Å². The predicted molar refractivity (Wildman–Crippen MR) is 124 cm³/mol. The Morgan fingerprint density at radius 2 is 1.93 bits per heavy atom. The van der Waals surface area contributed by atoms with Gasteiger partial charge in [0.15, 0.2) is 5.96 Å². The van der Waals surface area contributed by atoms with Gasteiger partial charge in [-0.3, -0.25) is 4.99 Å². The minimum atomic E-state index is 0.472. The molecule has 2 fully saturated rings. The number of ether oxygens (including phenoxy) is 1. The van der Waals surface area contributed by atoms with Crippen LogP contribution in [0.15, 0.2) is 23.2 Å². The molecule has 7 heteroatoms. The van der Waals surface area contributed by atoms with Crippen LogP contribution in [0.3, 0.4) is 0 Å². The first-order valence-corrected chi connectivity index (χ1v) is 11.6. The largest absolute Gasteiger partial charge is 0.383 e. The van der Waals surface area contributed by atoms with Crippen molar-refractivity contribution < 1.29 is 4.74 Å². The van der Waals surface area contributed by atoms with Crippen molar-refractivity contribution in [3.8, 4) is 0 Å². The molecule has 1 aromatic heterocycles.